The van der Waals surface area contributed by atoms with Crippen LogP contribution in [0.4, 0.5) is 0 Å². The molecule has 0 aromatic rings. The summed E-state index contributed by atoms with van der Waals surface area (Å²) in [7, 11) is 0. The van der Waals surface area contributed by atoms with Crippen molar-refractivity contribution < 1.29 is 4.74 Å². The van der Waals surface area contributed by atoms with Crippen LogP contribution in [0.25, 0.3) is 0 Å². The molecule has 0 radical (unpaired) electrons. The quantitative estimate of drug-likeness (QED) is 0.711. The molecule has 1 heterocycles. The SMILES string of the molecule is CCC(C)[C@H](C)C1=CC2CCOCC2C=C1C. The Morgan fingerprint density at radius 3 is 2.76 bits per heavy atom. The van der Waals surface area contributed by atoms with Gasteiger partial charge in [-0.2, -0.15) is 0 Å². The fourth-order valence-corrected chi connectivity index (χ4v) is 3.11. The molecule has 1 aliphatic carbocycles. The Bertz CT molecular complexity index is 326. The maximum absolute atomic E-state index is 5.58. The molecule has 1 aliphatic heterocycles. The minimum Gasteiger partial charge on any atom is -0.381 e. The molecule has 1 fully saturated rings. The third kappa shape index (κ3) is 2.65. The number of hydrogen-bond donors (Lipinski definition) is 0. The van der Waals surface area contributed by atoms with Crippen molar-refractivity contribution in [3.05, 3.63) is 23.3 Å². The second-order valence-corrected chi connectivity index (χ2v) is 5.84. The Balaban J connectivity index is 2.16. The van der Waals surface area contributed by atoms with E-state index in [0.29, 0.717) is 11.8 Å². The molecule has 0 amide bonds. The fraction of sp³-hybridized carbons (Fsp3) is 0.750. The smallest absolute Gasteiger partial charge is 0.0534 e. The zero-order valence-corrected chi connectivity index (χ0v) is 11.7. The summed E-state index contributed by atoms with van der Waals surface area (Å²) in [6, 6.07) is 0. The second-order valence-electron chi connectivity index (χ2n) is 5.84. The highest BCUT2D eigenvalue weighted by Crippen LogP contribution is 2.38. The molecule has 96 valence electrons. The molecular weight excluding hydrogens is 208 g/mol. The molecule has 17 heavy (non-hydrogen) atoms. The lowest BCUT2D eigenvalue weighted by Crippen LogP contribution is -2.28. The average molecular weight is 234 g/mol. The van der Waals surface area contributed by atoms with Gasteiger partial charge in [0, 0.05) is 12.5 Å². The highest BCUT2D eigenvalue weighted by atomic mass is 16.5. The highest BCUT2D eigenvalue weighted by molar-refractivity contribution is 5.36. The van der Waals surface area contributed by atoms with Gasteiger partial charge in [0.1, 0.15) is 0 Å². The van der Waals surface area contributed by atoms with E-state index in [4.69, 9.17) is 4.74 Å². The molecule has 2 aliphatic rings. The van der Waals surface area contributed by atoms with Crippen LogP contribution in [-0.4, -0.2) is 13.2 Å². The van der Waals surface area contributed by atoms with Gasteiger partial charge in [-0.1, -0.05) is 44.9 Å². The minimum atomic E-state index is 0.636. The zero-order chi connectivity index (χ0) is 12.4. The Morgan fingerprint density at radius 2 is 2.06 bits per heavy atom. The number of ether oxygens (including phenoxy) is 1. The van der Waals surface area contributed by atoms with Crippen molar-refractivity contribution in [2.45, 2.75) is 40.5 Å². The highest BCUT2D eigenvalue weighted by Gasteiger charge is 2.29. The molecule has 0 N–H and O–H groups in total. The lowest BCUT2D eigenvalue weighted by molar-refractivity contribution is 0.0475. The maximum atomic E-state index is 5.58. The van der Waals surface area contributed by atoms with Crippen LogP contribution in [0, 0.1) is 23.7 Å². The normalized spacial score (nSPS) is 32.2. The summed E-state index contributed by atoms with van der Waals surface area (Å²) in [6.45, 7) is 11.2. The first-order valence-corrected chi connectivity index (χ1v) is 7.11. The van der Waals surface area contributed by atoms with Gasteiger partial charge in [0.25, 0.3) is 0 Å². The van der Waals surface area contributed by atoms with Crippen molar-refractivity contribution in [1.82, 2.24) is 0 Å². The number of rotatable bonds is 3. The molecule has 0 spiro atoms. The minimum absolute atomic E-state index is 0.636. The van der Waals surface area contributed by atoms with Gasteiger partial charge >= 0.3 is 0 Å². The summed E-state index contributed by atoms with van der Waals surface area (Å²) in [5.41, 5.74) is 3.09. The number of allylic oxidation sites excluding steroid dienone is 3. The van der Waals surface area contributed by atoms with Crippen LogP contribution in [0.3, 0.4) is 0 Å². The van der Waals surface area contributed by atoms with Crippen molar-refractivity contribution in [2.24, 2.45) is 23.7 Å². The molecular formula is C16H26O. The predicted octanol–water partition coefficient (Wildman–Crippen LogP) is 4.21. The molecule has 2 rings (SSSR count). The first-order valence-electron chi connectivity index (χ1n) is 7.11. The fourth-order valence-electron chi connectivity index (χ4n) is 3.11. The Kier molecular flexibility index (Phi) is 4.09. The average Bonchev–Trinajstić information content (AvgIpc) is 2.36. The Hall–Kier alpha value is -0.560. The van der Waals surface area contributed by atoms with E-state index in [2.05, 4.69) is 39.8 Å². The van der Waals surface area contributed by atoms with Crippen LogP contribution in [0.5, 0.6) is 0 Å². The standard InChI is InChI=1S/C16H26O/c1-5-11(2)13(4)16-9-14-6-7-17-10-15(14)8-12(16)3/h8-9,11,13-15H,5-7,10H2,1-4H3/t11?,13-,14?,15?/m0/s1. The molecule has 0 aromatic carbocycles. The molecule has 0 saturated carbocycles. The Morgan fingerprint density at radius 1 is 1.29 bits per heavy atom. The van der Waals surface area contributed by atoms with E-state index in [1.54, 1.807) is 5.57 Å². The summed E-state index contributed by atoms with van der Waals surface area (Å²) in [5.74, 6) is 2.84. The van der Waals surface area contributed by atoms with Gasteiger partial charge in [-0.3, -0.25) is 0 Å². The zero-order valence-electron chi connectivity index (χ0n) is 11.7. The van der Waals surface area contributed by atoms with Crippen LogP contribution in [0.15, 0.2) is 23.3 Å². The van der Waals surface area contributed by atoms with E-state index in [-0.39, 0.29) is 0 Å². The van der Waals surface area contributed by atoms with Gasteiger partial charge in [0.05, 0.1) is 6.61 Å². The largest absolute Gasteiger partial charge is 0.381 e. The summed E-state index contributed by atoms with van der Waals surface area (Å²) >= 11 is 0. The molecule has 0 aromatic heterocycles. The van der Waals surface area contributed by atoms with Crippen molar-refractivity contribution >= 4 is 0 Å². The van der Waals surface area contributed by atoms with E-state index < -0.39 is 0 Å². The van der Waals surface area contributed by atoms with Gasteiger partial charge < -0.3 is 4.74 Å². The lowest BCUT2D eigenvalue weighted by atomic mass is 9.74. The summed E-state index contributed by atoms with van der Waals surface area (Å²) in [5, 5.41) is 0. The van der Waals surface area contributed by atoms with E-state index in [1.807, 2.05) is 0 Å². The number of fused-ring (bicyclic) bond motifs is 1. The van der Waals surface area contributed by atoms with E-state index in [0.717, 1.165) is 25.0 Å². The maximum Gasteiger partial charge on any atom is 0.0534 e. The summed E-state index contributed by atoms with van der Waals surface area (Å²) in [6.07, 6.45) is 7.48. The second kappa shape index (κ2) is 5.39. The van der Waals surface area contributed by atoms with Gasteiger partial charge in [-0.05, 0) is 36.7 Å². The van der Waals surface area contributed by atoms with E-state index in [1.165, 1.54) is 18.4 Å². The predicted molar refractivity (Wildman–Crippen MR) is 72.9 cm³/mol. The van der Waals surface area contributed by atoms with E-state index >= 15 is 0 Å². The third-order valence-corrected chi connectivity index (χ3v) is 4.76. The molecule has 4 atom stereocenters. The van der Waals surface area contributed by atoms with Crippen LogP contribution < -0.4 is 0 Å². The van der Waals surface area contributed by atoms with Crippen LogP contribution in [0.1, 0.15) is 40.5 Å². The van der Waals surface area contributed by atoms with Crippen LogP contribution >= 0.6 is 0 Å². The molecule has 1 saturated heterocycles. The molecule has 1 nitrogen and oxygen atoms in total. The number of hydrogen-bond acceptors (Lipinski definition) is 1. The van der Waals surface area contributed by atoms with Crippen molar-refractivity contribution in [2.75, 3.05) is 13.2 Å². The topological polar surface area (TPSA) is 9.23 Å². The van der Waals surface area contributed by atoms with Crippen LogP contribution in [0.2, 0.25) is 0 Å². The molecule has 3 unspecified atom stereocenters. The molecule has 1 heteroatoms. The van der Waals surface area contributed by atoms with Gasteiger partial charge in [-0.15, -0.1) is 0 Å². The van der Waals surface area contributed by atoms with Crippen molar-refractivity contribution in [3.8, 4) is 0 Å². The van der Waals surface area contributed by atoms with E-state index in [9.17, 15) is 0 Å². The van der Waals surface area contributed by atoms with Crippen molar-refractivity contribution in [3.63, 3.8) is 0 Å². The van der Waals surface area contributed by atoms with Crippen molar-refractivity contribution in [1.29, 1.82) is 0 Å². The van der Waals surface area contributed by atoms with Crippen LogP contribution in [-0.2, 0) is 4.74 Å². The van der Waals surface area contributed by atoms with Gasteiger partial charge in [0.15, 0.2) is 0 Å². The Labute approximate surface area is 106 Å². The monoisotopic (exact) mass is 234 g/mol. The summed E-state index contributed by atoms with van der Waals surface area (Å²) < 4.78 is 5.58. The van der Waals surface area contributed by atoms with Gasteiger partial charge in [-0.25, -0.2) is 0 Å². The first-order chi connectivity index (χ1) is 8.13. The third-order valence-electron chi connectivity index (χ3n) is 4.76. The first kappa shape index (κ1) is 12.9. The lowest BCUT2D eigenvalue weighted by Gasteiger charge is -2.35. The summed E-state index contributed by atoms with van der Waals surface area (Å²) in [4.78, 5) is 0. The molecule has 0 bridgehead atoms. The van der Waals surface area contributed by atoms with Gasteiger partial charge in [0.2, 0.25) is 0 Å².